The van der Waals surface area contributed by atoms with Gasteiger partial charge in [0.15, 0.2) is 0 Å². The predicted molar refractivity (Wildman–Crippen MR) is 114 cm³/mol. The van der Waals surface area contributed by atoms with E-state index in [1.54, 1.807) is 24.7 Å². The minimum Gasteiger partial charge on any atom is -0.490 e. The molecule has 0 amide bonds. The number of fused-ring (bicyclic) bond motifs is 1. The zero-order valence-corrected chi connectivity index (χ0v) is 16.7. The molecule has 4 rings (SSSR count). The first-order valence-corrected chi connectivity index (χ1v) is 9.76. The van der Waals surface area contributed by atoms with Crippen LogP contribution in [0.4, 0.5) is 8.78 Å². The van der Waals surface area contributed by atoms with Gasteiger partial charge >= 0.3 is 0 Å². The molecule has 0 spiro atoms. The van der Waals surface area contributed by atoms with Gasteiger partial charge in [-0.25, -0.2) is 8.78 Å². The average molecular weight is 426 g/mol. The van der Waals surface area contributed by atoms with Crippen LogP contribution in [0, 0.1) is 11.6 Å². The summed E-state index contributed by atoms with van der Waals surface area (Å²) in [5.41, 5.74) is 2.52. The largest absolute Gasteiger partial charge is 0.490 e. The van der Waals surface area contributed by atoms with Crippen molar-refractivity contribution in [3.8, 4) is 16.9 Å². The second-order valence-electron chi connectivity index (χ2n) is 6.68. The van der Waals surface area contributed by atoms with E-state index in [9.17, 15) is 8.78 Å². The molecule has 0 bridgehead atoms. The maximum absolute atomic E-state index is 14.0. The Morgan fingerprint density at radius 2 is 1.93 bits per heavy atom. The second-order valence-corrected chi connectivity index (χ2v) is 7.08. The monoisotopic (exact) mass is 425 g/mol. The number of pyridine rings is 2. The van der Waals surface area contributed by atoms with Crippen LogP contribution in [0.2, 0.25) is 5.02 Å². The summed E-state index contributed by atoms with van der Waals surface area (Å²) >= 11 is 6.20. The van der Waals surface area contributed by atoms with E-state index in [2.05, 4.69) is 15.3 Å². The van der Waals surface area contributed by atoms with Gasteiger partial charge in [-0.3, -0.25) is 9.97 Å². The molecule has 0 saturated carbocycles. The molecule has 0 atom stereocenters. The van der Waals surface area contributed by atoms with Crippen molar-refractivity contribution in [3.63, 3.8) is 0 Å². The lowest BCUT2D eigenvalue weighted by molar-refractivity contribution is 0.316. The highest BCUT2D eigenvalue weighted by Gasteiger charge is 2.08. The lowest BCUT2D eigenvalue weighted by Gasteiger charge is -2.11. The third-order valence-electron chi connectivity index (χ3n) is 4.58. The minimum atomic E-state index is -0.612. The van der Waals surface area contributed by atoms with Crippen molar-refractivity contribution >= 4 is 22.5 Å². The first kappa shape index (κ1) is 20.2. The Kier molecular flexibility index (Phi) is 6.16. The molecule has 152 valence electrons. The normalized spacial score (nSPS) is 11.0. The highest BCUT2D eigenvalue weighted by atomic mass is 35.5. The molecule has 4 aromatic rings. The number of hydrogen-bond donors (Lipinski definition) is 1. The fourth-order valence-corrected chi connectivity index (χ4v) is 3.36. The molecule has 0 aliphatic rings. The van der Waals surface area contributed by atoms with Crippen LogP contribution in [-0.4, -0.2) is 23.1 Å². The summed E-state index contributed by atoms with van der Waals surface area (Å²) in [5.74, 6) is -0.544. The SMILES string of the molecule is Fc1ccc(-c2cncc(CNCCOc3ccc(Cl)c4cccnc34)c2)c(F)c1. The van der Waals surface area contributed by atoms with Gasteiger partial charge in [0, 0.05) is 54.3 Å². The molecule has 0 radical (unpaired) electrons. The van der Waals surface area contributed by atoms with Crippen molar-refractivity contribution in [2.75, 3.05) is 13.2 Å². The van der Waals surface area contributed by atoms with Crippen LogP contribution in [0.3, 0.4) is 0 Å². The van der Waals surface area contributed by atoms with E-state index in [1.165, 1.54) is 12.1 Å². The molecule has 0 unspecified atom stereocenters. The summed E-state index contributed by atoms with van der Waals surface area (Å²) in [6.45, 7) is 1.56. The molecular formula is C23H18ClF2N3O. The minimum absolute atomic E-state index is 0.316. The second kappa shape index (κ2) is 9.15. The zero-order chi connectivity index (χ0) is 20.9. The number of halogens is 3. The summed E-state index contributed by atoms with van der Waals surface area (Å²) < 4.78 is 33.0. The van der Waals surface area contributed by atoms with E-state index >= 15 is 0 Å². The van der Waals surface area contributed by atoms with Crippen LogP contribution in [0.5, 0.6) is 5.75 Å². The van der Waals surface area contributed by atoms with Crippen molar-refractivity contribution in [3.05, 3.63) is 89.3 Å². The summed E-state index contributed by atoms with van der Waals surface area (Å²) in [5, 5.41) is 4.75. The van der Waals surface area contributed by atoms with Gasteiger partial charge in [0.1, 0.15) is 29.5 Å². The fraction of sp³-hybridized carbons (Fsp3) is 0.130. The van der Waals surface area contributed by atoms with Crippen LogP contribution in [0.15, 0.2) is 67.1 Å². The molecule has 30 heavy (non-hydrogen) atoms. The lowest BCUT2D eigenvalue weighted by atomic mass is 10.1. The number of nitrogens with one attached hydrogen (secondary N) is 1. The van der Waals surface area contributed by atoms with Crippen LogP contribution >= 0.6 is 11.6 Å². The van der Waals surface area contributed by atoms with Gasteiger partial charge in [0.05, 0.1) is 5.02 Å². The molecule has 0 aliphatic heterocycles. The summed E-state index contributed by atoms with van der Waals surface area (Å²) in [6.07, 6.45) is 4.96. The number of ether oxygens (including phenoxy) is 1. The molecule has 4 nitrogen and oxygen atoms in total. The molecule has 2 heterocycles. The Bertz CT molecular complexity index is 1190. The van der Waals surface area contributed by atoms with Gasteiger partial charge in [-0.05, 0) is 48.0 Å². The Balaban J connectivity index is 1.34. The molecule has 2 aromatic carbocycles. The van der Waals surface area contributed by atoms with Gasteiger partial charge in [0.2, 0.25) is 0 Å². The zero-order valence-electron chi connectivity index (χ0n) is 15.9. The Morgan fingerprint density at radius 1 is 1.03 bits per heavy atom. The van der Waals surface area contributed by atoms with E-state index in [0.29, 0.717) is 41.6 Å². The van der Waals surface area contributed by atoms with Gasteiger partial charge < -0.3 is 10.1 Å². The van der Waals surface area contributed by atoms with Gasteiger partial charge in [-0.2, -0.15) is 0 Å². The summed E-state index contributed by atoms with van der Waals surface area (Å²) in [7, 11) is 0. The fourth-order valence-electron chi connectivity index (χ4n) is 3.15. The van der Waals surface area contributed by atoms with Gasteiger partial charge in [-0.1, -0.05) is 11.6 Å². The third kappa shape index (κ3) is 4.56. The topological polar surface area (TPSA) is 47.0 Å². The third-order valence-corrected chi connectivity index (χ3v) is 4.91. The first-order valence-electron chi connectivity index (χ1n) is 9.38. The van der Waals surface area contributed by atoms with Gasteiger partial charge in [0.25, 0.3) is 0 Å². The average Bonchev–Trinajstić information content (AvgIpc) is 2.75. The molecular weight excluding hydrogens is 408 g/mol. The first-order chi connectivity index (χ1) is 14.6. The number of rotatable bonds is 7. The van der Waals surface area contributed by atoms with E-state index in [4.69, 9.17) is 16.3 Å². The number of aromatic nitrogens is 2. The maximum Gasteiger partial charge on any atom is 0.145 e. The molecule has 1 N–H and O–H groups in total. The standard InChI is InChI=1S/C23H18ClF2N3O/c24-20-5-6-22(23-19(20)2-1-7-29-23)30-9-8-27-12-15-10-16(14-28-13-15)18-4-3-17(25)11-21(18)26/h1-7,10-11,13-14,27H,8-9,12H2. The Morgan fingerprint density at radius 3 is 2.80 bits per heavy atom. The van der Waals surface area contributed by atoms with Crippen LogP contribution in [0.1, 0.15) is 5.56 Å². The maximum atomic E-state index is 14.0. The smallest absolute Gasteiger partial charge is 0.145 e. The van der Waals surface area contributed by atoms with Crippen LogP contribution in [0.25, 0.3) is 22.0 Å². The lowest BCUT2D eigenvalue weighted by Crippen LogP contribution is -2.20. The number of hydrogen-bond acceptors (Lipinski definition) is 4. The highest BCUT2D eigenvalue weighted by Crippen LogP contribution is 2.29. The van der Waals surface area contributed by atoms with E-state index in [-0.39, 0.29) is 0 Å². The Labute approximate surface area is 177 Å². The number of nitrogens with zero attached hydrogens (tertiary/aromatic N) is 2. The summed E-state index contributed by atoms with van der Waals surface area (Å²) in [6, 6.07) is 12.7. The van der Waals surface area contributed by atoms with Crippen molar-refractivity contribution in [1.82, 2.24) is 15.3 Å². The van der Waals surface area contributed by atoms with Gasteiger partial charge in [-0.15, -0.1) is 0 Å². The van der Waals surface area contributed by atoms with Crippen molar-refractivity contribution in [1.29, 1.82) is 0 Å². The van der Waals surface area contributed by atoms with Crippen molar-refractivity contribution in [2.45, 2.75) is 6.54 Å². The summed E-state index contributed by atoms with van der Waals surface area (Å²) in [4.78, 5) is 8.51. The predicted octanol–water partition coefficient (Wildman–Crippen LogP) is 5.40. The molecule has 0 saturated heterocycles. The van der Waals surface area contributed by atoms with Crippen LogP contribution < -0.4 is 10.1 Å². The molecule has 7 heteroatoms. The van der Waals surface area contributed by atoms with E-state index < -0.39 is 11.6 Å². The quantitative estimate of drug-likeness (QED) is 0.403. The van der Waals surface area contributed by atoms with Crippen LogP contribution in [-0.2, 0) is 6.54 Å². The van der Waals surface area contributed by atoms with Crippen molar-refractivity contribution < 1.29 is 13.5 Å². The molecule has 0 aliphatic carbocycles. The highest BCUT2D eigenvalue weighted by molar-refractivity contribution is 6.35. The molecule has 0 fully saturated rings. The van der Waals surface area contributed by atoms with Crippen molar-refractivity contribution in [2.24, 2.45) is 0 Å². The molecule has 2 aromatic heterocycles. The van der Waals surface area contributed by atoms with E-state index in [1.807, 2.05) is 24.3 Å². The number of benzene rings is 2. The van der Waals surface area contributed by atoms with E-state index in [0.717, 1.165) is 22.5 Å². The Hall–Kier alpha value is -3.09.